The maximum atomic E-state index is 6.27. The van der Waals surface area contributed by atoms with Crippen molar-refractivity contribution < 1.29 is 4.74 Å². The van der Waals surface area contributed by atoms with Gasteiger partial charge in [0, 0.05) is 44.2 Å². The first-order valence-corrected chi connectivity index (χ1v) is 8.96. The largest absolute Gasteiger partial charge is 0.370 e. The lowest BCUT2D eigenvalue weighted by Gasteiger charge is -2.44. The third kappa shape index (κ3) is 2.41. The standard InChI is InChI=1S/C17H23N3OS/c1-13-18-14(11-19(13)2)12-20-7-5-17(6-8-20)15-4-10-22-16(15)3-9-21-17/h4,10-11H,3,5-9,12H2,1-2H3. The van der Waals surface area contributed by atoms with Gasteiger partial charge in [-0.25, -0.2) is 4.98 Å². The van der Waals surface area contributed by atoms with Crippen LogP contribution in [-0.2, 0) is 30.4 Å². The van der Waals surface area contributed by atoms with Crippen molar-refractivity contribution in [2.75, 3.05) is 19.7 Å². The van der Waals surface area contributed by atoms with Crippen molar-refractivity contribution in [1.29, 1.82) is 0 Å². The van der Waals surface area contributed by atoms with Crippen molar-refractivity contribution in [3.63, 3.8) is 0 Å². The van der Waals surface area contributed by atoms with Gasteiger partial charge >= 0.3 is 0 Å². The highest BCUT2D eigenvalue weighted by molar-refractivity contribution is 7.10. The molecule has 0 atom stereocenters. The Morgan fingerprint density at radius 1 is 1.36 bits per heavy atom. The SMILES string of the molecule is Cc1nc(CN2CCC3(CC2)OCCc2sccc23)cn1C. The molecule has 2 aromatic rings. The molecule has 4 heterocycles. The molecule has 1 saturated heterocycles. The van der Waals surface area contributed by atoms with Crippen molar-refractivity contribution in [3.8, 4) is 0 Å². The summed E-state index contributed by atoms with van der Waals surface area (Å²) in [5, 5.41) is 2.23. The van der Waals surface area contributed by atoms with Crippen molar-refractivity contribution in [2.24, 2.45) is 7.05 Å². The highest BCUT2D eigenvalue weighted by Gasteiger charge is 2.41. The third-order valence-electron chi connectivity index (χ3n) is 5.15. The number of ether oxygens (including phenoxy) is 1. The van der Waals surface area contributed by atoms with Gasteiger partial charge in [-0.3, -0.25) is 4.90 Å². The third-order valence-corrected chi connectivity index (χ3v) is 6.13. The molecule has 0 amide bonds. The molecule has 0 bridgehead atoms. The number of nitrogens with zero attached hydrogens (tertiary/aromatic N) is 3. The summed E-state index contributed by atoms with van der Waals surface area (Å²) in [6, 6.07) is 2.29. The van der Waals surface area contributed by atoms with Crippen molar-refractivity contribution >= 4 is 11.3 Å². The number of fused-ring (bicyclic) bond motifs is 2. The van der Waals surface area contributed by atoms with Crippen LogP contribution in [0.4, 0.5) is 0 Å². The minimum atomic E-state index is -0.00981. The Bertz CT molecular complexity index is 648. The number of imidazole rings is 1. The molecule has 118 valence electrons. The average Bonchev–Trinajstić information content (AvgIpc) is 3.10. The zero-order valence-electron chi connectivity index (χ0n) is 13.3. The predicted molar refractivity (Wildman–Crippen MR) is 88.1 cm³/mol. The van der Waals surface area contributed by atoms with Gasteiger partial charge in [0.25, 0.3) is 0 Å². The summed E-state index contributed by atoms with van der Waals surface area (Å²) in [5.74, 6) is 1.09. The molecule has 1 spiro atoms. The molecule has 0 aliphatic carbocycles. The summed E-state index contributed by atoms with van der Waals surface area (Å²) >= 11 is 1.89. The van der Waals surface area contributed by atoms with Gasteiger partial charge in [-0.1, -0.05) is 0 Å². The number of rotatable bonds is 2. The molecule has 1 fully saturated rings. The number of thiophene rings is 1. The second-order valence-electron chi connectivity index (χ2n) is 6.52. The molecular weight excluding hydrogens is 294 g/mol. The van der Waals surface area contributed by atoms with E-state index in [1.165, 1.54) is 11.3 Å². The zero-order valence-corrected chi connectivity index (χ0v) is 14.2. The molecule has 5 heteroatoms. The molecule has 0 N–H and O–H groups in total. The molecule has 0 saturated carbocycles. The van der Waals surface area contributed by atoms with Gasteiger partial charge in [0.2, 0.25) is 0 Å². The Labute approximate surface area is 135 Å². The number of hydrogen-bond acceptors (Lipinski definition) is 4. The van der Waals surface area contributed by atoms with Crippen molar-refractivity contribution in [3.05, 3.63) is 39.6 Å². The van der Waals surface area contributed by atoms with Crippen LogP contribution < -0.4 is 0 Å². The molecule has 0 unspecified atom stereocenters. The van der Waals surface area contributed by atoms with E-state index in [4.69, 9.17) is 4.74 Å². The second kappa shape index (κ2) is 5.48. The molecule has 2 aliphatic rings. The van der Waals surface area contributed by atoms with Crippen LogP contribution in [0.2, 0.25) is 0 Å². The Balaban J connectivity index is 1.45. The fourth-order valence-electron chi connectivity index (χ4n) is 3.78. The number of hydrogen-bond donors (Lipinski definition) is 0. The smallest absolute Gasteiger partial charge is 0.105 e. The quantitative estimate of drug-likeness (QED) is 0.853. The Kier molecular flexibility index (Phi) is 3.59. The van der Waals surface area contributed by atoms with Crippen LogP contribution in [0, 0.1) is 6.92 Å². The zero-order chi connectivity index (χ0) is 15.2. The van der Waals surface area contributed by atoms with Crippen molar-refractivity contribution in [1.82, 2.24) is 14.5 Å². The van der Waals surface area contributed by atoms with E-state index < -0.39 is 0 Å². The van der Waals surface area contributed by atoms with Gasteiger partial charge in [0.15, 0.2) is 0 Å². The first-order valence-electron chi connectivity index (χ1n) is 8.08. The summed E-state index contributed by atoms with van der Waals surface area (Å²) in [6.07, 6.45) is 5.44. The molecule has 2 aliphatic heterocycles. The van der Waals surface area contributed by atoms with E-state index in [0.717, 1.165) is 51.3 Å². The van der Waals surface area contributed by atoms with Gasteiger partial charge in [0.1, 0.15) is 5.82 Å². The van der Waals surface area contributed by atoms with Gasteiger partial charge in [-0.05, 0) is 36.8 Å². The number of aromatic nitrogens is 2. The molecule has 22 heavy (non-hydrogen) atoms. The lowest BCUT2D eigenvalue weighted by atomic mass is 9.82. The lowest BCUT2D eigenvalue weighted by molar-refractivity contribution is -0.0981. The van der Waals surface area contributed by atoms with E-state index in [1.807, 2.05) is 11.3 Å². The molecule has 4 nitrogen and oxygen atoms in total. The van der Waals surface area contributed by atoms with E-state index in [0.29, 0.717) is 0 Å². The van der Waals surface area contributed by atoms with Crippen LogP contribution in [0.1, 0.15) is 34.8 Å². The highest BCUT2D eigenvalue weighted by atomic mass is 32.1. The number of aryl methyl sites for hydroxylation is 2. The Morgan fingerprint density at radius 3 is 2.91 bits per heavy atom. The Hall–Kier alpha value is -1.17. The molecular formula is C17H23N3OS. The van der Waals surface area contributed by atoms with Gasteiger partial charge < -0.3 is 9.30 Å². The minimum Gasteiger partial charge on any atom is -0.370 e. The van der Waals surface area contributed by atoms with Crippen LogP contribution >= 0.6 is 11.3 Å². The summed E-state index contributed by atoms with van der Waals surface area (Å²) in [5.41, 5.74) is 2.64. The first-order chi connectivity index (χ1) is 10.7. The van der Waals surface area contributed by atoms with Gasteiger partial charge in [-0.15, -0.1) is 11.3 Å². The summed E-state index contributed by atoms with van der Waals surface area (Å²) in [6.45, 7) is 6.07. The van der Waals surface area contributed by atoms with Gasteiger partial charge in [-0.2, -0.15) is 0 Å². The van der Waals surface area contributed by atoms with E-state index in [2.05, 4.69) is 46.1 Å². The molecule has 4 rings (SSSR count). The topological polar surface area (TPSA) is 30.3 Å². The van der Waals surface area contributed by atoms with Crippen LogP contribution in [0.25, 0.3) is 0 Å². The molecule has 2 aromatic heterocycles. The molecule has 0 radical (unpaired) electrons. The van der Waals surface area contributed by atoms with Gasteiger partial charge in [0.05, 0.1) is 17.9 Å². The van der Waals surface area contributed by atoms with Crippen molar-refractivity contribution in [2.45, 2.75) is 38.3 Å². The summed E-state index contributed by atoms with van der Waals surface area (Å²) < 4.78 is 8.37. The number of likely N-dealkylation sites (tertiary alicyclic amines) is 1. The maximum Gasteiger partial charge on any atom is 0.105 e. The normalized spacial score (nSPS) is 21.2. The van der Waals surface area contributed by atoms with E-state index >= 15 is 0 Å². The molecule has 0 aromatic carbocycles. The average molecular weight is 317 g/mol. The minimum absolute atomic E-state index is 0.00981. The number of piperidine rings is 1. The van der Waals surface area contributed by atoms with E-state index in [-0.39, 0.29) is 5.60 Å². The van der Waals surface area contributed by atoms with E-state index in [1.54, 1.807) is 4.88 Å². The van der Waals surface area contributed by atoms with Crippen LogP contribution in [0.15, 0.2) is 17.6 Å². The monoisotopic (exact) mass is 317 g/mol. The fraction of sp³-hybridized carbons (Fsp3) is 0.588. The lowest BCUT2D eigenvalue weighted by Crippen LogP contribution is -2.45. The first kappa shape index (κ1) is 14.4. The fourth-order valence-corrected chi connectivity index (χ4v) is 4.73. The van der Waals surface area contributed by atoms with E-state index in [9.17, 15) is 0 Å². The highest BCUT2D eigenvalue weighted by Crippen LogP contribution is 2.43. The maximum absolute atomic E-state index is 6.27. The van der Waals surface area contributed by atoms with Crippen LogP contribution in [0.5, 0.6) is 0 Å². The van der Waals surface area contributed by atoms with Crippen LogP contribution in [-0.4, -0.2) is 34.1 Å². The van der Waals surface area contributed by atoms with Crippen LogP contribution in [0.3, 0.4) is 0 Å². The Morgan fingerprint density at radius 2 is 2.18 bits per heavy atom. The summed E-state index contributed by atoms with van der Waals surface area (Å²) in [4.78, 5) is 8.68. The second-order valence-corrected chi connectivity index (χ2v) is 7.52. The predicted octanol–water partition coefficient (Wildman–Crippen LogP) is 2.85. The summed E-state index contributed by atoms with van der Waals surface area (Å²) in [7, 11) is 2.06.